The zero-order valence-corrected chi connectivity index (χ0v) is 18.6. The number of carbonyl (C=O) groups is 1. The van der Waals surface area contributed by atoms with Gasteiger partial charge in [0, 0.05) is 32.2 Å². The van der Waals surface area contributed by atoms with E-state index >= 15 is 0 Å². The third-order valence-corrected chi connectivity index (χ3v) is 7.82. The van der Waals surface area contributed by atoms with E-state index in [-0.39, 0.29) is 44.4 Å². The van der Waals surface area contributed by atoms with Crippen molar-refractivity contribution < 1.29 is 22.3 Å². The molecule has 0 spiro atoms. The molecule has 0 aliphatic carbocycles. The van der Waals surface area contributed by atoms with Gasteiger partial charge in [-0.05, 0) is 62.1 Å². The molecule has 2 aromatic rings. The number of carbonyl (C=O) groups excluding carboxylic acids is 1. The third kappa shape index (κ3) is 4.49. The molecule has 0 bridgehead atoms. The Bertz CT molecular complexity index is 1030. The van der Waals surface area contributed by atoms with Crippen molar-refractivity contribution >= 4 is 15.9 Å². The van der Waals surface area contributed by atoms with Gasteiger partial charge >= 0.3 is 0 Å². The maximum absolute atomic E-state index is 13.3. The molecule has 2 aromatic carbocycles. The number of hydrogen-bond acceptors (Lipinski definition) is 4. The molecule has 0 N–H and O–H groups in total. The van der Waals surface area contributed by atoms with Gasteiger partial charge in [-0.1, -0.05) is 12.1 Å². The number of ether oxygens (including phenoxy) is 1. The molecule has 0 unspecified atom stereocenters. The molecule has 162 valence electrons. The fraction of sp³-hybridized carbons (Fsp3) is 0.409. The van der Waals surface area contributed by atoms with Crippen molar-refractivity contribution in [2.24, 2.45) is 0 Å². The van der Waals surface area contributed by atoms with Crippen molar-refractivity contribution in [3.8, 4) is 5.75 Å². The minimum Gasteiger partial charge on any atom is -0.484 e. The topological polar surface area (TPSA) is 66.9 Å². The Balaban J connectivity index is 1.66. The summed E-state index contributed by atoms with van der Waals surface area (Å²) >= 11 is 0. The zero-order chi connectivity index (χ0) is 22.1. The Labute approximate surface area is 177 Å². The summed E-state index contributed by atoms with van der Waals surface area (Å²) < 4.78 is 46.6. The van der Waals surface area contributed by atoms with E-state index in [9.17, 15) is 17.6 Å². The summed E-state index contributed by atoms with van der Waals surface area (Å²) in [6, 6.07) is 7.60. The number of nitrogens with zero attached hydrogens (tertiary/aromatic N) is 2. The minimum absolute atomic E-state index is 0.217. The van der Waals surface area contributed by atoms with Gasteiger partial charge in [0.1, 0.15) is 11.6 Å². The van der Waals surface area contributed by atoms with Crippen molar-refractivity contribution in [3.63, 3.8) is 0 Å². The lowest BCUT2D eigenvalue weighted by Gasteiger charge is -2.34. The molecule has 30 heavy (non-hydrogen) atoms. The van der Waals surface area contributed by atoms with Gasteiger partial charge in [0.15, 0.2) is 6.61 Å². The molecule has 8 heteroatoms. The van der Waals surface area contributed by atoms with Crippen LogP contribution >= 0.6 is 0 Å². The van der Waals surface area contributed by atoms with E-state index in [1.165, 1.54) is 22.5 Å². The van der Waals surface area contributed by atoms with Crippen LogP contribution in [0.2, 0.25) is 0 Å². The molecule has 1 aliphatic heterocycles. The van der Waals surface area contributed by atoms with E-state index < -0.39 is 15.8 Å². The Morgan fingerprint density at radius 3 is 2.17 bits per heavy atom. The van der Waals surface area contributed by atoms with Crippen LogP contribution in [-0.2, 0) is 14.8 Å². The van der Waals surface area contributed by atoms with E-state index in [2.05, 4.69) is 0 Å². The fourth-order valence-corrected chi connectivity index (χ4v) is 5.67. The molecule has 1 saturated heterocycles. The Morgan fingerprint density at radius 2 is 1.60 bits per heavy atom. The molecule has 6 nitrogen and oxygen atoms in total. The zero-order valence-electron chi connectivity index (χ0n) is 17.7. The number of sulfonamides is 1. The minimum atomic E-state index is -3.66. The lowest BCUT2D eigenvalue weighted by Crippen LogP contribution is -2.51. The summed E-state index contributed by atoms with van der Waals surface area (Å²) in [6.07, 6.45) is 0. The summed E-state index contributed by atoms with van der Waals surface area (Å²) in [5.41, 5.74) is 3.42. The second-order valence-electron chi connectivity index (χ2n) is 7.62. The SMILES string of the molecule is Cc1cc(C)c(C)c(S(=O)(=O)N2CCN(C(=O)COc3cccc(F)c3)CC2)c1C. The first-order valence-corrected chi connectivity index (χ1v) is 11.3. The second kappa shape index (κ2) is 8.73. The lowest BCUT2D eigenvalue weighted by molar-refractivity contribution is -0.134. The van der Waals surface area contributed by atoms with Crippen molar-refractivity contribution in [3.05, 3.63) is 58.4 Å². The van der Waals surface area contributed by atoms with E-state index in [0.29, 0.717) is 4.90 Å². The molecule has 1 amide bonds. The largest absolute Gasteiger partial charge is 0.484 e. The smallest absolute Gasteiger partial charge is 0.260 e. The normalized spacial score (nSPS) is 15.3. The molecule has 1 heterocycles. The first kappa shape index (κ1) is 22.2. The average Bonchev–Trinajstić information content (AvgIpc) is 2.71. The summed E-state index contributed by atoms with van der Waals surface area (Å²) in [7, 11) is -3.66. The number of piperazine rings is 1. The van der Waals surface area contributed by atoms with Crippen LogP contribution in [0.4, 0.5) is 4.39 Å². The molecule has 0 radical (unpaired) electrons. The first-order chi connectivity index (χ1) is 14.1. The second-order valence-corrected chi connectivity index (χ2v) is 9.50. The standard InChI is InChI=1S/C22H27FN2O4S/c1-15-12-16(2)18(4)22(17(15)3)30(27,28)25-10-8-24(9-11-25)21(26)14-29-20-7-5-6-19(23)13-20/h5-7,12-13H,8-11,14H2,1-4H3. The molecule has 1 aliphatic rings. The van der Waals surface area contributed by atoms with Crippen LogP contribution in [0.15, 0.2) is 35.2 Å². The predicted octanol–water partition coefficient (Wildman–Crippen LogP) is 2.97. The highest BCUT2D eigenvalue weighted by atomic mass is 32.2. The average molecular weight is 435 g/mol. The van der Waals surface area contributed by atoms with E-state index in [0.717, 1.165) is 22.3 Å². The molecular weight excluding hydrogens is 407 g/mol. The van der Waals surface area contributed by atoms with Crippen LogP contribution in [0.3, 0.4) is 0 Å². The van der Waals surface area contributed by atoms with Crippen molar-refractivity contribution in [1.29, 1.82) is 0 Å². The molecule has 0 saturated carbocycles. The van der Waals surface area contributed by atoms with Crippen molar-refractivity contribution in [2.45, 2.75) is 32.6 Å². The molecule has 0 atom stereocenters. The third-order valence-electron chi connectivity index (χ3n) is 5.64. The lowest BCUT2D eigenvalue weighted by atomic mass is 10.0. The summed E-state index contributed by atoms with van der Waals surface area (Å²) in [4.78, 5) is 14.4. The van der Waals surface area contributed by atoms with Gasteiger partial charge in [0.25, 0.3) is 5.91 Å². The predicted molar refractivity (Wildman–Crippen MR) is 113 cm³/mol. The Hall–Kier alpha value is -2.45. The van der Waals surface area contributed by atoms with Crippen LogP contribution in [0.25, 0.3) is 0 Å². The number of amides is 1. The Kier molecular flexibility index (Phi) is 6.47. The van der Waals surface area contributed by atoms with Gasteiger partial charge in [-0.3, -0.25) is 4.79 Å². The van der Waals surface area contributed by atoms with E-state index in [4.69, 9.17) is 4.74 Å². The van der Waals surface area contributed by atoms with Gasteiger partial charge in [-0.25, -0.2) is 12.8 Å². The number of benzene rings is 2. The fourth-order valence-electron chi connectivity index (χ4n) is 3.67. The Morgan fingerprint density at radius 1 is 1.00 bits per heavy atom. The van der Waals surface area contributed by atoms with Crippen LogP contribution in [0, 0.1) is 33.5 Å². The summed E-state index contributed by atoms with van der Waals surface area (Å²) in [5, 5.41) is 0. The van der Waals surface area contributed by atoms with E-state index in [1.807, 2.05) is 33.8 Å². The first-order valence-electron chi connectivity index (χ1n) is 9.85. The quantitative estimate of drug-likeness (QED) is 0.726. The number of hydrogen-bond donors (Lipinski definition) is 0. The number of rotatable bonds is 5. The van der Waals surface area contributed by atoms with Gasteiger partial charge in [-0.15, -0.1) is 0 Å². The van der Waals surface area contributed by atoms with Crippen LogP contribution in [-0.4, -0.2) is 56.3 Å². The van der Waals surface area contributed by atoms with Crippen LogP contribution in [0.5, 0.6) is 5.75 Å². The summed E-state index contributed by atoms with van der Waals surface area (Å²) in [5.74, 6) is -0.406. The highest BCUT2D eigenvalue weighted by molar-refractivity contribution is 7.89. The van der Waals surface area contributed by atoms with Crippen LogP contribution in [0.1, 0.15) is 22.3 Å². The van der Waals surface area contributed by atoms with Gasteiger partial charge in [0.2, 0.25) is 10.0 Å². The summed E-state index contributed by atoms with van der Waals surface area (Å²) in [6.45, 7) is 8.29. The molecular formula is C22H27FN2O4S. The van der Waals surface area contributed by atoms with Gasteiger partial charge in [0.05, 0.1) is 4.90 Å². The molecule has 1 fully saturated rings. The van der Waals surface area contributed by atoms with Crippen LogP contribution < -0.4 is 4.74 Å². The number of halogens is 1. The molecule has 0 aromatic heterocycles. The van der Waals surface area contributed by atoms with Gasteiger partial charge in [-0.2, -0.15) is 4.31 Å². The van der Waals surface area contributed by atoms with Gasteiger partial charge < -0.3 is 9.64 Å². The highest BCUT2D eigenvalue weighted by Gasteiger charge is 2.33. The number of aryl methyl sites for hydroxylation is 2. The maximum Gasteiger partial charge on any atom is 0.260 e. The van der Waals surface area contributed by atoms with E-state index in [1.54, 1.807) is 11.0 Å². The monoisotopic (exact) mass is 434 g/mol. The highest BCUT2D eigenvalue weighted by Crippen LogP contribution is 2.29. The maximum atomic E-state index is 13.3. The van der Waals surface area contributed by atoms with Crippen molar-refractivity contribution in [1.82, 2.24) is 9.21 Å². The van der Waals surface area contributed by atoms with Crippen molar-refractivity contribution in [2.75, 3.05) is 32.8 Å². The molecule has 3 rings (SSSR count).